The molecule has 6 nitrogen and oxygen atoms in total. The van der Waals surface area contributed by atoms with Gasteiger partial charge in [0.05, 0.1) is 11.2 Å². The average Bonchev–Trinajstić information content (AvgIpc) is 2.92. The SMILES string of the molecule is CCN1C(=O)C(C)(C)NC12CCC(c1nc(C)no1)CC2. The summed E-state index contributed by atoms with van der Waals surface area (Å²) in [6, 6.07) is 0. The lowest BCUT2D eigenvalue weighted by Gasteiger charge is -2.42. The molecule has 0 radical (unpaired) electrons. The summed E-state index contributed by atoms with van der Waals surface area (Å²) in [6.45, 7) is 8.59. The fourth-order valence-corrected chi connectivity index (χ4v) is 3.90. The zero-order valence-corrected chi connectivity index (χ0v) is 13.3. The van der Waals surface area contributed by atoms with Gasteiger partial charge < -0.3 is 9.42 Å². The summed E-state index contributed by atoms with van der Waals surface area (Å²) in [6.07, 6.45) is 3.80. The van der Waals surface area contributed by atoms with E-state index in [0.717, 1.165) is 38.1 Å². The Morgan fingerprint density at radius 3 is 2.57 bits per heavy atom. The predicted molar refractivity (Wildman–Crippen MR) is 77.6 cm³/mol. The number of hydrogen-bond donors (Lipinski definition) is 1. The molecule has 1 aliphatic heterocycles. The van der Waals surface area contributed by atoms with Crippen LogP contribution < -0.4 is 5.32 Å². The smallest absolute Gasteiger partial charge is 0.243 e. The first kappa shape index (κ1) is 14.5. The van der Waals surface area contributed by atoms with Crippen LogP contribution >= 0.6 is 0 Å². The maximum Gasteiger partial charge on any atom is 0.243 e. The van der Waals surface area contributed by atoms with Crippen LogP contribution in [0.2, 0.25) is 0 Å². The maximum absolute atomic E-state index is 12.5. The Morgan fingerprint density at radius 1 is 1.38 bits per heavy atom. The number of likely N-dealkylation sites (N-methyl/N-ethyl adjacent to an activating group) is 1. The Morgan fingerprint density at radius 2 is 2.05 bits per heavy atom. The molecule has 0 aromatic carbocycles. The van der Waals surface area contributed by atoms with Crippen molar-refractivity contribution in [2.24, 2.45) is 0 Å². The van der Waals surface area contributed by atoms with Crippen molar-refractivity contribution in [2.75, 3.05) is 6.54 Å². The molecular formula is C15H24N4O2. The summed E-state index contributed by atoms with van der Waals surface area (Å²) < 4.78 is 5.31. The standard InChI is InChI=1S/C15H24N4O2/c1-5-19-13(20)14(3,4)18-15(19)8-6-11(7-9-15)12-16-10(2)17-21-12/h11,18H,5-9H2,1-4H3. The van der Waals surface area contributed by atoms with Crippen LogP contribution in [0.3, 0.4) is 0 Å². The van der Waals surface area contributed by atoms with E-state index in [0.29, 0.717) is 11.7 Å². The minimum absolute atomic E-state index is 0.194. The molecule has 0 bridgehead atoms. The van der Waals surface area contributed by atoms with Gasteiger partial charge in [-0.1, -0.05) is 5.16 Å². The lowest BCUT2D eigenvalue weighted by Crippen LogP contribution is -2.55. The average molecular weight is 292 g/mol. The number of carbonyl (C=O) groups is 1. The molecule has 0 unspecified atom stereocenters. The Labute approximate surface area is 125 Å². The topological polar surface area (TPSA) is 71.3 Å². The van der Waals surface area contributed by atoms with Crippen LogP contribution in [-0.4, -0.2) is 38.7 Å². The van der Waals surface area contributed by atoms with Gasteiger partial charge in [-0.2, -0.15) is 4.98 Å². The van der Waals surface area contributed by atoms with Gasteiger partial charge in [-0.15, -0.1) is 0 Å². The first-order chi connectivity index (χ1) is 9.88. The third-order valence-electron chi connectivity index (χ3n) is 4.86. The Hall–Kier alpha value is -1.43. The Bertz CT molecular complexity index is 544. The van der Waals surface area contributed by atoms with Gasteiger partial charge in [-0.25, -0.2) is 0 Å². The maximum atomic E-state index is 12.5. The van der Waals surface area contributed by atoms with Gasteiger partial charge in [-0.3, -0.25) is 10.1 Å². The van der Waals surface area contributed by atoms with E-state index in [9.17, 15) is 4.79 Å². The highest BCUT2D eigenvalue weighted by molar-refractivity contribution is 5.88. The first-order valence-electron chi connectivity index (χ1n) is 7.79. The van der Waals surface area contributed by atoms with Crippen molar-refractivity contribution >= 4 is 5.91 Å². The van der Waals surface area contributed by atoms with Crippen molar-refractivity contribution in [3.8, 4) is 0 Å². The summed E-state index contributed by atoms with van der Waals surface area (Å²) >= 11 is 0. The highest BCUT2D eigenvalue weighted by atomic mass is 16.5. The zero-order chi connectivity index (χ0) is 15.3. The molecule has 1 saturated heterocycles. The largest absolute Gasteiger partial charge is 0.339 e. The van der Waals surface area contributed by atoms with E-state index in [1.54, 1.807) is 0 Å². The van der Waals surface area contributed by atoms with Gasteiger partial charge in [0.15, 0.2) is 5.82 Å². The van der Waals surface area contributed by atoms with Crippen LogP contribution in [-0.2, 0) is 4.79 Å². The van der Waals surface area contributed by atoms with E-state index in [4.69, 9.17) is 4.52 Å². The summed E-state index contributed by atoms with van der Waals surface area (Å²) in [5.41, 5.74) is -0.662. The number of rotatable bonds is 2. The van der Waals surface area contributed by atoms with Gasteiger partial charge >= 0.3 is 0 Å². The zero-order valence-electron chi connectivity index (χ0n) is 13.3. The lowest BCUT2D eigenvalue weighted by molar-refractivity contribution is -0.134. The monoisotopic (exact) mass is 292 g/mol. The molecule has 1 spiro atoms. The molecular weight excluding hydrogens is 268 g/mol. The van der Waals surface area contributed by atoms with Gasteiger partial charge in [0, 0.05) is 12.5 Å². The van der Waals surface area contributed by atoms with Crippen molar-refractivity contribution in [1.82, 2.24) is 20.4 Å². The Kier molecular flexibility index (Phi) is 3.31. The molecule has 1 amide bonds. The highest BCUT2D eigenvalue weighted by Gasteiger charge is 2.54. The molecule has 1 aromatic heterocycles. The number of nitrogens with zero attached hydrogens (tertiary/aromatic N) is 3. The molecule has 0 atom stereocenters. The minimum atomic E-state index is -0.468. The summed E-state index contributed by atoms with van der Waals surface area (Å²) in [5, 5.41) is 7.46. The van der Waals surface area contributed by atoms with Crippen molar-refractivity contribution in [3.63, 3.8) is 0 Å². The van der Waals surface area contributed by atoms with Crippen LogP contribution in [0.4, 0.5) is 0 Å². The molecule has 3 rings (SSSR count). The third kappa shape index (κ3) is 2.25. The lowest BCUT2D eigenvalue weighted by atomic mass is 9.81. The number of hydrogen-bond acceptors (Lipinski definition) is 5. The highest BCUT2D eigenvalue weighted by Crippen LogP contribution is 2.43. The number of carbonyl (C=O) groups excluding carboxylic acids is 1. The second-order valence-electron chi connectivity index (χ2n) is 6.79. The molecule has 6 heteroatoms. The second-order valence-corrected chi connectivity index (χ2v) is 6.79. The van der Waals surface area contributed by atoms with Gasteiger partial charge in [0.2, 0.25) is 11.8 Å². The quantitative estimate of drug-likeness (QED) is 0.902. The van der Waals surface area contributed by atoms with Crippen molar-refractivity contribution in [3.05, 3.63) is 11.7 Å². The predicted octanol–water partition coefficient (Wildman–Crippen LogP) is 1.96. The fourth-order valence-electron chi connectivity index (χ4n) is 3.90. The molecule has 1 N–H and O–H groups in total. The van der Waals surface area contributed by atoms with E-state index < -0.39 is 5.54 Å². The van der Waals surface area contributed by atoms with E-state index in [-0.39, 0.29) is 11.6 Å². The van der Waals surface area contributed by atoms with Gasteiger partial charge in [0.25, 0.3) is 0 Å². The normalized spacial score (nSPS) is 32.1. The number of aryl methyl sites for hydroxylation is 1. The van der Waals surface area contributed by atoms with Crippen LogP contribution in [0.5, 0.6) is 0 Å². The molecule has 2 heterocycles. The van der Waals surface area contributed by atoms with Crippen LogP contribution in [0, 0.1) is 6.92 Å². The molecule has 2 fully saturated rings. The molecule has 21 heavy (non-hydrogen) atoms. The first-order valence-corrected chi connectivity index (χ1v) is 7.79. The van der Waals surface area contributed by atoms with Crippen molar-refractivity contribution < 1.29 is 9.32 Å². The second kappa shape index (κ2) is 4.80. The van der Waals surface area contributed by atoms with Crippen LogP contribution in [0.15, 0.2) is 4.52 Å². The van der Waals surface area contributed by atoms with Gasteiger partial charge in [0.1, 0.15) is 0 Å². The molecule has 1 aromatic rings. The minimum Gasteiger partial charge on any atom is -0.339 e. The summed E-state index contributed by atoms with van der Waals surface area (Å²) in [5.74, 6) is 1.96. The molecule has 1 aliphatic carbocycles. The number of nitrogens with one attached hydrogen (secondary N) is 1. The van der Waals surface area contributed by atoms with Crippen LogP contribution in [0.1, 0.15) is 64.1 Å². The summed E-state index contributed by atoms with van der Waals surface area (Å²) in [7, 11) is 0. The van der Waals surface area contributed by atoms with E-state index >= 15 is 0 Å². The fraction of sp³-hybridized carbons (Fsp3) is 0.800. The van der Waals surface area contributed by atoms with E-state index in [1.807, 2.05) is 25.7 Å². The molecule has 116 valence electrons. The molecule has 2 aliphatic rings. The van der Waals surface area contributed by atoms with Gasteiger partial charge in [-0.05, 0) is 53.4 Å². The van der Waals surface area contributed by atoms with Crippen LogP contribution in [0.25, 0.3) is 0 Å². The third-order valence-corrected chi connectivity index (χ3v) is 4.86. The number of amides is 1. The molecule has 1 saturated carbocycles. The summed E-state index contributed by atoms with van der Waals surface area (Å²) in [4.78, 5) is 18.9. The van der Waals surface area contributed by atoms with Crippen molar-refractivity contribution in [1.29, 1.82) is 0 Å². The van der Waals surface area contributed by atoms with Crippen molar-refractivity contribution in [2.45, 2.75) is 70.5 Å². The van der Waals surface area contributed by atoms with E-state index in [1.165, 1.54) is 0 Å². The van der Waals surface area contributed by atoms with E-state index in [2.05, 4.69) is 22.4 Å². The number of aromatic nitrogens is 2. The Balaban J connectivity index is 1.76.